The van der Waals surface area contributed by atoms with Crippen LogP contribution in [-0.2, 0) is 21.2 Å². The second-order valence-corrected chi connectivity index (χ2v) is 8.31. The summed E-state index contributed by atoms with van der Waals surface area (Å²) in [6.07, 6.45) is 1.95. The minimum Gasteiger partial charge on any atom is -0.312 e. The van der Waals surface area contributed by atoms with Crippen LogP contribution >= 0.6 is 0 Å². The maximum atomic E-state index is 12.8. The topological polar surface area (TPSA) is 110 Å². The summed E-state index contributed by atoms with van der Waals surface area (Å²) in [6, 6.07) is 8.79. The van der Waals surface area contributed by atoms with Gasteiger partial charge in [-0.3, -0.25) is 19.6 Å². The number of anilines is 2. The first-order chi connectivity index (χ1) is 13.2. The molecule has 148 valence electrons. The summed E-state index contributed by atoms with van der Waals surface area (Å²) < 4.78 is 28.1. The number of fused-ring (bicyclic) bond motifs is 1. The molecule has 0 atom stereocenters. The van der Waals surface area contributed by atoms with Gasteiger partial charge in [0.2, 0.25) is 5.91 Å². The minimum atomic E-state index is -4.00. The fourth-order valence-electron chi connectivity index (χ4n) is 3.31. The Hall–Kier alpha value is -2.94. The van der Waals surface area contributed by atoms with Crippen molar-refractivity contribution < 1.29 is 18.1 Å². The van der Waals surface area contributed by atoms with Gasteiger partial charge in [-0.1, -0.05) is 13.0 Å². The van der Waals surface area contributed by atoms with Crippen LogP contribution in [0, 0.1) is 17.0 Å². The smallest absolute Gasteiger partial charge is 0.270 e. The second-order valence-electron chi connectivity index (χ2n) is 6.66. The normalized spacial score (nSPS) is 13.7. The number of hydrogen-bond donors (Lipinski definition) is 1. The number of carbonyl (C=O) groups is 1. The number of nitro benzene ring substituents is 1. The summed E-state index contributed by atoms with van der Waals surface area (Å²) >= 11 is 0. The number of benzene rings is 2. The third-order valence-electron chi connectivity index (χ3n) is 4.73. The van der Waals surface area contributed by atoms with E-state index in [1.165, 1.54) is 12.1 Å². The van der Waals surface area contributed by atoms with Gasteiger partial charge in [0.25, 0.3) is 15.7 Å². The zero-order valence-electron chi connectivity index (χ0n) is 15.6. The van der Waals surface area contributed by atoms with E-state index in [2.05, 4.69) is 4.72 Å². The van der Waals surface area contributed by atoms with E-state index < -0.39 is 14.9 Å². The number of nitrogens with one attached hydrogen (secondary N) is 1. The van der Waals surface area contributed by atoms with Gasteiger partial charge in [-0.25, -0.2) is 8.42 Å². The van der Waals surface area contributed by atoms with Crippen LogP contribution in [-0.4, -0.2) is 25.8 Å². The average molecular weight is 403 g/mol. The zero-order valence-corrected chi connectivity index (χ0v) is 16.5. The van der Waals surface area contributed by atoms with Gasteiger partial charge < -0.3 is 4.90 Å². The van der Waals surface area contributed by atoms with Crippen molar-refractivity contribution in [2.24, 2.45) is 0 Å². The Morgan fingerprint density at radius 3 is 2.68 bits per heavy atom. The van der Waals surface area contributed by atoms with E-state index in [4.69, 9.17) is 0 Å². The van der Waals surface area contributed by atoms with E-state index in [1.807, 2.05) is 0 Å². The number of amides is 1. The van der Waals surface area contributed by atoms with E-state index >= 15 is 0 Å². The molecular weight excluding hydrogens is 382 g/mol. The molecule has 1 heterocycles. The highest BCUT2D eigenvalue weighted by Gasteiger charge is 2.24. The molecule has 8 nitrogen and oxygen atoms in total. The maximum absolute atomic E-state index is 12.8. The van der Waals surface area contributed by atoms with Crippen molar-refractivity contribution in [3.63, 3.8) is 0 Å². The molecule has 0 spiro atoms. The zero-order chi connectivity index (χ0) is 20.5. The third kappa shape index (κ3) is 3.84. The van der Waals surface area contributed by atoms with Gasteiger partial charge in [0.05, 0.1) is 9.82 Å². The molecule has 2 aromatic rings. The molecule has 0 unspecified atom stereocenters. The van der Waals surface area contributed by atoms with Crippen molar-refractivity contribution in [3.8, 4) is 0 Å². The Labute approximate surface area is 163 Å². The number of nitrogens with zero attached hydrogens (tertiary/aromatic N) is 2. The molecular formula is C19H21N3O5S. The maximum Gasteiger partial charge on any atom is 0.270 e. The largest absolute Gasteiger partial charge is 0.312 e. The standard InChI is InChI=1S/C19H21N3O5S/c1-3-19(23)21-10-4-5-14-11-15(7-9-17(14)21)20-28(26,27)18-12-16(22(24)25)8-6-13(18)2/h6-9,11-12,20H,3-5,10H2,1-2H3. The summed E-state index contributed by atoms with van der Waals surface area (Å²) in [5.41, 5.74) is 2.17. The first kappa shape index (κ1) is 19.8. The molecule has 28 heavy (non-hydrogen) atoms. The van der Waals surface area contributed by atoms with Crippen LogP contribution in [0.4, 0.5) is 17.1 Å². The predicted octanol–water partition coefficient (Wildman–Crippen LogP) is 3.39. The molecule has 0 saturated heterocycles. The molecule has 0 aliphatic carbocycles. The number of sulfonamides is 1. The van der Waals surface area contributed by atoms with Crippen molar-refractivity contribution in [3.05, 3.63) is 57.6 Å². The molecule has 0 radical (unpaired) electrons. The third-order valence-corrected chi connectivity index (χ3v) is 6.25. The summed E-state index contributed by atoms with van der Waals surface area (Å²) in [7, 11) is -4.00. The van der Waals surface area contributed by atoms with E-state index in [1.54, 1.807) is 36.9 Å². The van der Waals surface area contributed by atoms with Gasteiger partial charge in [-0.15, -0.1) is 0 Å². The van der Waals surface area contributed by atoms with Gasteiger partial charge in [-0.2, -0.15) is 0 Å². The van der Waals surface area contributed by atoms with Gasteiger partial charge in [0.1, 0.15) is 0 Å². The predicted molar refractivity (Wildman–Crippen MR) is 106 cm³/mol. The molecule has 1 aliphatic rings. The van der Waals surface area contributed by atoms with Crippen LogP contribution in [0.3, 0.4) is 0 Å². The number of aryl methyl sites for hydroxylation is 2. The summed E-state index contributed by atoms with van der Waals surface area (Å²) in [6.45, 7) is 4.04. The lowest BCUT2D eigenvalue weighted by Gasteiger charge is -2.29. The molecule has 0 aromatic heterocycles. The monoisotopic (exact) mass is 403 g/mol. The molecule has 0 bridgehead atoms. The van der Waals surface area contributed by atoms with Gasteiger partial charge in [0, 0.05) is 36.5 Å². The Morgan fingerprint density at radius 2 is 2.00 bits per heavy atom. The van der Waals surface area contributed by atoms with Crippen LogP contribution in [0.25, 0.3) is 0 Å². The van der Waals surface area contributed by atoms with Gasteiger partial charge in [0.15, 0.2) is 0 Å². The highest BCUT2D eigenvalue weighted by atomic mass is 32.2. The molecule has 2 aromatic carbocycles. The van der Waals surface area contributed by atoms with E-state index in [0.717, 1.165) is 30.2 Å². The van der Waals surface area contributed by atoms with Crippen molar-refractivity contribution in [1.29, 1.82) is 0 Å². The number of non-ortho nitro benzene ring substituents is 1. The summed E-state index contributed by atoms with van der Waals surface area (Å²) in [5, 5.41) is 11.0. The molecule has 3 rings (SSSR count). The molecule has 0 fully saturated rings. The Bertz CT molecular complexity index is 1050. The number of hydrogen-bond acceptors (Lipinski definition) is 5. The van der Waals surface area contributed by atoms with E-state index in [-0.39, 0.29) is 16.5 Å². The highest BCUT2D eigenvalue weighted by molar-refractivity contribution is 7.92. The lowest BCUT2D eigenvalue weighted by molar-refractivity contribution is -0.385. The summed E-state index contributed by atoms with van der Waals surface area (Å²) in [4.78, 5) is 24.0. The SMILES string of the molecule is CCC(=O)N1CCCc2cc(NS(=O)(=O)c3cc([N+](=O)[O-])ccc3C)ccc21. The van der Waals surface area contributed by atoms with Crippen molar-refractivity contribution in [2.45, 2.75) is 38.0 Å². The van der Waals surface area contributed by atoms with Crippen LogP contribution in [0.5, 0.6) is 0 Å². The minimum absolute atomic E-state index is 0.0292. The highest BCUT2D eigenvalue weighted by Crippen LogP contribution is 2.31. The van der Waals surface area contributed by atoms with E-state index in [9.17, 15) is 23.3 Å². The lowest BCUT2D eigenvalue weighted by atomic mass is 10.0. The van der Waals surface area contributed by atoms with Crippen LogP contribution in [0.2, 0.25) is 0 Å². The fraction of sp³-hybridized carbons (Fsp3) is 0.316. The van der Waals surface area contributed by atoms with Gasteiger partial charge >= 0.3 is 0 Å². The summed E-state index contributed by atoms with van der Waals surface area (Å²) in [5.74, 6) is 0.0292. The molecule has 9 heteroatoms. The first-order valence-corrected chi connectivity index (χ1v) is 10.4. The fourth-order valence-corrected chi connectivity index (χ4v) is 4.63. The first-order valence-electron chi connectivity index (χ1n) is 8.94. The number of carbonyl (C=O) groups excluding carboxylic acids is 1. The van der Waals surface area contributed by atoms with Crippen molar-refractivity contribution in [1.82, 2.24) is 0 Å². The Morgan fingerprint density at radius 1 is 1.25 bits per heavy atom. The van der Waals surface area contributed by atoms with Gasteiger partial charge in [-0.05, 0) is 49.1 Å². The number of nitro groups is 1. The molecule has 1 aliphatic heterocycles. The molecule has 1 amide bonds. The van der Waals surface area contributed by atoms with Crippen molar-refractivity contribution >= 4 is 33.0 Å². The van der Waals surface area contributed by atoms with E-state index in [0.29, 0.717) is 24.2 Å². The van der Waals surface area contributed by atoms with Crippen LogP contribution in [0.15, 0.2) is 41.3 Å². The quantitative estimate of drug-likeness (QED) is 0.608. The van der Waals surface area contributed by atoms with Crippen molar-refractivity contribution in [2.75, 3.05) is 16.2 Å². The number of rotatable bonds is 5. The molecule has 0 saturated carbocycles. The van der Waals surface area contributed by atoms with Crippen LogP contribution in [0.1, 0.15) is 30.9 Å². The second kappa shape index (κ2) is 7.59. The molecule has 1 N–H and O–H groups in total. The Balaban J connectivity index is 1.93. The Kier molecular flexibility index (Phi) is 5.37. The lowest BCUT2D eigenvalue weighted by Crippen LogP contribution is -2.34. The van der Waals surface area contributed by atoms with Crippen LogP contribution < -0.4 is 9.62 Å². The average Bonchev–Trinajstić information content (AvgIpc) is 2.66.